The Bertz CT molecular complexity index is 639. The van der Waals surface area contributed by atoms with Crippen molar-refractivity contribution in [3.05, 3.63) is 40.4 Å². The number of ether oxygens (including phenoxy) is 2. The highest BCUT2D eigenvalue weighted by molar-refractivity contribution is 6.42. The highest BCUT2D eigenvalue weighted by atomic mass is 35.5. The van der Waals surface area contributed by atoms with Gasteiger partial charge in [0.2, 0.25) is 0 Å². The predicted molar refractivity (Wildman–Crippen MR) is 102 cm³/mol. The summed E-state index contributed by atoms with van der Waals surface area (Å²) in [6, 6.07) is 7.23. The normalized spacial score (nSPS) is 12.4. The zero-order valence-electron chi connectivity index (χ0n) is 15.7. The van der Waals surface area contributed by atoms with Crippen molar-refractivity contribution in [2.75, 3.05) is 19.9 Å². The molecular weight excluding hydrogens is 359 g/mol. The molecule has 144 valence electrons. The maximum atomic E-state index is 12.4. The minimum absolute atomic E-state index is 0.0589. The van der Waals surface area contributed by atoms with Gasteiger partial charge in [-0.2, -0.15) is 5.10 Å². The molecule has 0 spiro atoms. The SMILES string of the molecule is C=NN(C(=O)/C(Cl)=C(\C)COc1ccc(COCCF)cc1)C(C)(C)C. The Morgan fingerprint density at radius 2 is 1.92 bits per heavy atom. The summed E-state index contributed by atoms with van der Waals surface area (Å²) in [6.07, 6.45) is 0. The zero-order chi connectivity index (χ0) is 19.7. The van der Waals surface area contributed by atoms with E-state index in [1.54, 1.807) is 19.1 Å². The molecule has 0 aromatic heterocycles. The predicted octanol–water partition coefficient (Wildman–Crippen LogP) is 4.31. The van der Waals surface area contributed by atoms with Crippen molar-refractivity contribution in [1.29, 1.82) is 0 Å². The molecule has 0 radical (unpaired) electrons. The molecular formula is C19H26ClFN2O3. The Morgan fingerprint density at radius 1 is 1.31 bits per heavy atom. The molecule has 0 unspecified atom stereocenters. The molecule has 0 aliphatic rings. The summed E-state index contributed by atoms with van der Waals surface area (Å²) in [4.78, 5) is 12.4. The number of hydrogen-bond acceptors (Lipinski definition) is 4. The molecule has 1 amide bonds. The summed E-state index contributed by atoms with van der Waals surface area (Å²) in [5.74, 6) is 0.209. The molecule has 1 rings (SSSR count). The van der Waals surface area contributed by atoms with E-state index in [4.69, 9.17) is 21.1 Å². The van der Waals surface area contributed by atoms with Crippen LogP contribution in [0.25, 0.3) is 0 Å². The van der Waals surface area contributed by atoms with Crippen molar-refractivity contribution in [2.24, 2.45) is 5.10 Å². The zero-order valence-corrected chi connectivity index (χ0v) is 16.5. The van der Waals surface area contributed by atoms with Gasteiger partial charge in [0.1, 0.15) is 24.1 Å². The fraction of sp³-hybridized carbons (Fsp3) is 0.474. The van der Waals surface area contributed by atoms with Gasteiger partial charge in [0.15, 0.2) is 0 Å². The smallest absolute Gasteiger partial charge is 0.285 e. The Labute approximate surface area is 159 Å². The van der Waals surface area contributed by atoms with Crippen LogP contribution >= 0.6 is 11.6 Å². The van der Waals surface area contributed by atoms with Gasteiger partial charge < -0.3 is 9.47 Å². The third-order valence-electron chi connectivity index (χ3n) is 3.40. The lowest BCUT2D eigenvalue weighted by Gasteiger charge is -2.30. The van der Waals surface area contributed by atoms with Crippen LogP contribution in [-0.2, 0) is 16.1 Å². The number of rotatable bonds is 9. The van der Waals surface area contributed by atoms with Gasteiger partial charge in [0.05, 0.1) is 18.8 Å². The molecule has 0 N–H and O–H groups in total. The first-order valence-corrected chi connectivity index (χ1v) is 8.60. The Kier molecular flexibility index (Phi) is 8.75. The van der Waals surface area contributed by atoms with Crippen LogP contribution in [0.2, 0.25) is 0 Å². The molecule has 7 heteroatoms. The first-order chi connectivity index (χ1) is 12.2. The van der Waals surface area contributed by atoms with Crippen molar-refractivity contribution in [2.45, 2.75) is 39.8 Å². The first-order valence-electron chi connectivity index (χ1n) is 8.22. The lowest BCUT2D eigenvalue weighted by Crippen LogP contribution is -2.42. The van der Waals surface area contributed by atoms with Crippen molar-refractivity contribution in [3.63, 3.8) is 0 Å². The van der Waals surface area contributed by atoms with Crippen LogP contribution in [0, 0.1) is 0 Å². The number of benzene rings is 1. The Morgan fingerprint density at radius 3 is 2.42 bits per heavy atom. The lowest BCUT2D eigenvalue weighted by molar-refractivity contribution is -0.131. The lowest BCUT2D eigenvalue weighted by atomic mass is 10.1. The number of alkyl halides is 1. The van der Waals surface area contributed by atoms with Gasteiger partial charge in [-0.15, -0.1) is 0 Å². The van der Waals surface area contributed by atoms with E-state index in [1.165, 1.54) is 5.01 Å². The van der Waals surface area contributed by atoms with E-state index in [0.29, 0.717) is 17.9 Å². The highest BCUT2D eigenvalue weighted by Crippen LogP contribution is 2.22. The van der Waals surface area contributed by atoms with Gasteiger partial charge in [-0.3, -0.25) is 4.79 Å². The molecule has 0 bridgehead atoms. The van der Waals surface area contributed by atoms with Gasteiger partial charge in [-0.05, 0) is 51.0 Å². The second kappa shape index (κ2) is 10.3. The van der Waals surface area contributed by atoms with Gasteiger partial charge in [-0.25, -0.2) is 9.40 Å². The van der Waals surface area contributed by atoms with Gasteiger partial charge >= 0.3 is 0 Å². The molecule has 1 aromatic carbocycles. The van der Waals surface area contributed by atoms with Crippen LogP contribution in [0.15, 0.2) is 40.0 Å². The van der Waals surface area contributed by atoms with Crippen LogP contribution in [0.4, 0.5) is 4.39 Å². The Balaban J connectivity index is 2.68. The van der Waals surface area contributed by atoms with E-state index in [0.717, 1.165) is 5.56 Å². The quantitative estimate of drug-likeness (QED) is 0.276. The second-order valence-corrected chi connectivity index (χ2v) is 7.08. The van der Waals surface area contributed by atoms with Crippen LogP contribution in [-0.4, -0.2) is 43.1 Å². The summed E-state index contributed by atoms with van der Waals surface area (Å²) < 4.78 is 22.8. The molecule has 0 saturated heterocycles. The molecule has 0 aliphatic heterocycles. The van der Waals surface area contributed by atoms with Crippen molar-refractivity contribution >= 4 is 24.2 Å². The van der Waals surface area contributed by atoms with E-state index >= 15 is 0 Å². The summed E-state index contributed by atoms with van der Waals surface area (Å²) in [5.41, 5.74) is 0.981. The average molecular weight is 385 g/mol. The number of carbonyl (C=O) groups excluding carboxylic acids is 1. The standard InChI is InChI=1S/C19H26ClFN2O3/c1-14(17(20)18(24)23(22-5)19(2,3)4)12-26-16-8-6-15(7-9-16)13-25-11-10-21/h6-9H,5,10-13H2,1-4H3/b17-14-. The maximum Gasteiger partial charge on any atom is 0.285 e. The summed E-state index contributed by atoms with van der Waals surface area (Å²) in [7, 11) is 0. The van der Waals surface area contributed by atoms with Crippen molar-refractivity contribution < 1.29 is 18.7 Å². The summed E-state index contributed by atoms with van der Waals surface area (Å²) in [5, 5.41) is 5.06. The van der Waals surface area contributed by atoms with Crippen LogP contribution < -0.4 is 4.74 Å². The first kappa shape index (κ1) is 22.1. The number of nitrogens with zero attached hydrogens (tertiary/aromatic N) is 2. The second-order valence-electron chi connectivity index (χ2n) is 6.70. The highest BCUT2D eigenvalue weighted by Gasteiger charge is 2.28. The topological polar surface area (TPSA) is 51.1 Å². The van der Waals surface area contributed by atoms with E-state index in [9.17, 15) is 9.18 Å². The van der Waals surface area contributed by atoms with E-state index in [-0.39, 0.29) is 18.2 Å². The third-order valence-corrected chi connectivity index (χ3v) is 3.88. The van der Waals surface area contributed by atoms with Crippen molar-refractivity contribution in [3.8, 4) is 5.75 Å². The number of hydrazone groups is 1. The molecule has 0 aliphatic carbocycles. The van der Waals surface area contributed by atoms with Crippen LogP contribution in [0.1, 0.15) is 33.3 Å². The number of amides is 1. The summed E-state index contributed by atoms with van der Waals surface area (Å²) >= 11 is 6.20. The monoisotopic (exact) mass is 384 g/mol. The number of halogens is 2. The minimum atomic E-state index is -0.528. The van der Waals surface area contributed by atoms with Crippen molar-refractivity contribution in [1.82, 2.24) is 5.01 Å². The fourth-order valence-electron chi connectivity index (χ4n) is 2.04. The molecule has 1 aromatic rings. The molecule has 5 nitrogen and oxygen atoms in total. The molecule has 0 atom stereocenters. The Hall–Kier alpha value is -1.92. The van der Waals surface area contributed by atoms with Crippen LogP contribution in [0.3, 0.4) is 0 Å². The number of hydrogen-bond donors (Lipinski definition) is 0. The van der Waals surface area contributed by atoms with E-state index in [1.807, 2.05) is 32.9 Å². The molecule has 0 heterocycles. The molecule has 0 saturated carbocycles. The minimum Gasteiger partial charge on any atom is -0.489 e. The molecule has 26 heavy (non-hydrogen) atoms. The third kappa shape index (κ3) is 6.77. The van der Waals surface area contributed by atoms with E-state index in [2.05, 4.69) is 11.8 Å². The average Bonchev–Trinajstić information content (AvgIpc) is 2.59. The van der Waals surface area contributed by atoms with Gasteiger partial charge in [-0.1, -0.05) is 23.7 Å². The van der Waals surface area contributed by atoms with E-state index < -0.39 is 18.1 Å². The number of carbonyl (C=O) groups is 1. The van der Waals surface area contributed by atoms with Crippen LogP contribution in [0.5, 0.6) is 5.75 Å². The molecule has 0 fully saturated rings. The fourth-order valence-corrected chi connectivity index (χ4v) is 2.17. The summed E-state index contributed by atoms with van der Waals surface area (Å²) in [6.45, 7) is 10.8. The van der Waals surface area contributed by atoms with Gasteiger partial charge in [0, 0.05) is 6.72 Å². The van der Waals surface area contributed by atoms with Gasteiger partial charge in [0.25, 0.3) is 5.91 Å². The largest absolute Gasteiger partial charge is 0.489 e. The maximum absolute atomic E-state index is 12.4.